The molecular formula is C15H21ClN2O3. The minimum absolute atomic E-state index is 0.0700. The van der Waals surface area contributed by atoms with Crippen molar-refractivity contribution in [3.63, 3.8) is 0 Å². The van der Waals surface area contributed by atoms with Crippen LogP contribution in [0.3, 0.4) is 0 Å². The number of halogens is 1. The molecule has 1 aromatic rings. The highest BCUT2D eigenvalue weighted by Gasteiger charge is 2.18. The Bertz CT molecular complexity index is 508. The Kier molecular flexibility index (Phi) is 5.70. The van der Waals surface area contributed by atoms with Gasteiger partial charge in [0, 0.05) is 25.6 Å². The third-order valence-electron chi connectivity index (χ3n) is 3.36. The number of nitrogens with one attached hydrogen (secondary N) is 2. The number of ether oxygens (including phenoxy) is 2. The molecule has 1 aliphatic rings. The van der Waals surface area contributed by atoms with Gasteiger partial charge in [0.25, 0.3) is 0 Å². The van der Waals surface area contributed by atoms with E-state index in [1.54, 1.807) is 0 Å². The van der Waals surface area contributed by atoms with Crippen LogP contribution in [-0.2, 0) is 11.3 Å². The number of carbonyl (C=O) groups excluding carboxylic acids is 1. The second-order valence-corrected chi connectivity index (χ2v) is 5.52. The van der Waals surface area contributed by atoms with Gasteiger partial charge in [0.1, 0.15) is 0 Å². The van der Waals surface area contributed by atoms with E-state index in [1.807, 2.05) is 26.0 Å². The Morgan fingerprint density at radius 2 is 2.24 bits per heavy atom. The van der Waals surface area contributed by atoms with Gasteiger partial charge >= 0.3 is 0 Å². The number of rotatable bonds is 7. The van der Waals surface area contributed by atoms with Gasteiger partial charge in [-0.2, -0.15) is 0 Å². The van der Waals surface area contributed by atoms with E-state index < -0.39 is 0 Å². The van der Waals surface area contributed by atoms with Gasteiger partial charge in [-0.05, 0) is 31.0 Å². The van der Waals surface area contributed by atoms with E-state index in [0.29, 0.717) is 36.0 Å². The van der Waals surface area contributed by atoms with Gasteiger partial charge in [0.15, 0.2) is 11.5 Å². The molecule has 1 atom stereocenters. The first kappa shape index (κ1) is 15.9. The molecule has 0 aliphatic carbocycles. The lowest BCUT2D eigenvalue weighted by Crippen LogP contribution is -2.33. The van der Waals surface area contributed by atoms with Crippen molar-refractivity contribution in [2.24, 2.45) is 0 Å². The van der Waals surface area contributed by atoms with Crippen molar-refractivity contribution in [3.8, 4) is 11.5 Å². The van der Waals surface area contributed by atoms with Crippen LogP contribution in [0.5, 0.6) is 11.5 Å². The summed E-state index contributed by atoms with van der Waals surface area (Å²) in [4.78, 5) is 11.6. The fraction of sp³-hybridized carbons (Fsp3) is 0.533. The number of hydrogen-bond acceptors (Lipinski definition) is 4. The molecular weight excluding hydrogens is 292 g/mol. The van der Waals surface area contributed by atoms with E-state index in [9.17, 15) is 4.79 Å². The molecule has 0 fully saturated rings. The van der Waals surface area contributed by atoms with E-state index in [0.717, 1.165) is 12.0 Å². The first-order chi connectivity index (χ1) is 10.1. The van der Waals surface area contributed by atoms with Gasteiger partial charge in [-0.25, -0.2) is 0 Å². The first-order valence-electron chi connectivity index (χ1n) is 7.18. The minimum atomic E-state index is 0.0700. The van der Waals surface area contributed by atoms with E-state index >= 15 is 0 Å². The topological polar surface area (TPSA) is 59.6 Å². The smallest absolute Gasteiger partial charge is 0.231 e. The standard InChI is InChI=1S/C15H21ClN2O3/c1-3-10(2)18-14(19)4-5-17-8-11-6-12(16)15-13(7-11)20-9-21-15/h6-7,10,17H,3-5,8-9H2,1-2H3,(H,18,19). The SMILES string of the molecule is CCC(C)NC(=O)CCNCc1cc(Cl)c2c(c1)OCO2. The first-order valence-corrected chi connectivity index (χ1v) is 7.56. The number of amides is 1. The zero-order valence-electron chi connectivity index (χ0n) is 12.4. The predicted octanol–water partition coefficient (Wildman–Crippen LogP) is 2.46. The molecule has 1 aliphatic heterocycles. The molecule has 1 amide bonds. The van der Waals surface area contributed by atoms with E-state index in [2.05, 4.69) is 10.6 Å². The van der Waals surface area contributed by atoms with Gasteiger partial charge in [-0.3, -0.25) is 4.79 Å². The molecule has 0 aromatic heterocycles. The van der Waals surface area contributed by atoms with Crippen molar-refractivity contribution in [2.75, 3.05) is 13.3 Å². The average molecular weight is 313 g/mol. The summed E-state index contributed by atoms with van der Waals surface area (Å²) in [6.45, 7) is 5.51. The molecule has 6 heteroatoms. The van der Waals surface area contributed by atoms with Crippen molar-refractivity contribution in [2.45, 2.75) is 39.3 Å². The summed E-state index contributed by atoms with van der Waals surface area (Å²) >= 11 is 6.11. The molecule has 21 heavy (non-hydrogen) atoms. The molecule has 0 bridgehead atoms. The van der Waals surface area contributed by atoms with Crippen LogP contribution in [0.4, 0.5) is 0 Å². The molecule has 0 saturated carbocycles. The summed E-state index contributed by atoms with van der Waals surface area (Å²) in [5.74, 6) is 1.35. The highest BCUT2D eigenvalue weighted by atomic mass is 35.5. The summed E-state index contributed by atoms with van der Waals surface area (Å²) in [5, 5.41) is 6.71. The van der Waals surface area contributed by atoms with Gasteiger partial charge in [0.05, 0.1) is 5.02 Å². The maximum absolute atomic E-state index is 11.6. The van der Waals surface area contributed by atoms with Crippen LogP contribution in [0.2, 0.25) is 5.02 Å². The quantitative estimate of drug-likeness (QED) is 0.759. The predicted molar refractivity (Wildman–Crippen MR) is 81.8 cm³/mol. The summed E-state index contributed by atoms with van der Waals surface area (Å²) in [6.07, 6.45) is 1.40. The molecule has 5 nitrogen and oxygen atoms in total. The van der Waals surface area contributed by atoms with E-state index in [1.165, 1.54) is 0 Å². The maximum atomic E-state index is 11.6. The second kappa shape index (κ2) is 7.52. The van der Waals surface area contributed by atoms with Gasteiger partial charge in [0.2, 0.25) is 12.7 Å². The monoisotopic (exact) mass is 312 g/mol. The van der Waals surface area contributed by atoms with Crippen molar-refractivity contribution in [3.05, 3.63) is 22.7 Å². The van der Waals surface area contributed by atoms with Crippen LogP contribution in [-0.4, -0.2) is 25.3 Å². The zero-order chi connectivity index (χ0) is 15.2. The lowest BCUT2D eigenvalue weighted by Gasteiger charge is -2.11. The fourth-order valence-corrected chi connectivity index (χ4v) is 2.29. The van der Waals surface area contributed by atoms with Crippen LogP contribution >= 0.6 is 11.6 Å². The third kappa shape index (κ3) is 4.51. The van der Waals surface area contributed by atoms with Crippen LogP contribution in [0.15, 0.2) is 12.1 Å². The van der Waals surface area contributed by atoms with Gasteiger partial charge in [-0.1, -0.05) is 18.5 Å². The van der Waals surface area contributed by atoms with Crippen molar-refractivity contribution in [1.82, 2.24) is 10.6 Å². The third-order valence-corrected chi connectivity index (χ3v) is 3.65. The Hall–Kier alpha value is -1.46. The molecule has 2 N–H and O–H groups in total. The molecule has 0 spiro atoms. The molecule has 0 radical (unpaired) electrons. The lowest BCUT2D eigenvalue weighted by molar-refractivity contribution is -0.121. The van der Waals surface area contributed by atoms with Crippen molar-refractivity contribution in [1.29, 1.82) is 0 Å². The van der Waals surface area contributed by atoms with Crippen LogP contribution in [0.1, 0.15) is 32.3 Å². The van der Waals surface area contributed by atoms with Gasteiger partial charge < -0.3 is 20.1 Å². The Morgan fingerprint density at radius 3 is 3.00 bits per heavy atom. The van der Waals surface area contributed by atoms with Crippen LogP contribution in [0.25, 0.3) is 0 Å². The normalized spacial score (nSPS) is 14.0. The number of carbonyl (C=O) groups is 1. The van der Waals surface area contributed by atoms with Crippen LogP contribution in [0, 0.1) is 0 Å². The van der Waals surface area contributed by atoms with E-state index in [4.69, 9.17) is 21.1 Å². The summed E-state index contributed by atoms with van der Waals surface area (Å²) in [5.41, 5.74) is 1.01. The number of benzene rings is 1. The largest absolute Gasteiger partial charge is 0.454 e. The zero-order valence-corrected chi connectivity index (χ0v) is 13.1. The molecule has 2 rings (SSSR count). The number of hydrogen-bond donors (Lipinski definition) is 2. The highest BCUT2D eigenvalue weighted by molar-refractivity contribution is 6.32. The highest BCUT2D eigenvalue weighted by Crippen LogP contribution is 2.39. The second-order valence-electron chi connectivity index (χ2n) is 5.12. The Labute approximate surface area is 130 Å². The van der Waals surface area contributed by atoms with Crippen LogP contribution < -0.4 is 20.1 Å². The molecule has 0 saturated heterocycles. The van der Waals surface area contributed by atoms with Crippen molar-refractivity contribution >= 4 is 17.5 Å². The Balaban J connectivity index is 1.74. The summed E-state index contributed by atoms with van der Waals surface area (Å²) < 4.78 is 10.6. The maximum Gasteiger partial charge on any atom is 0.231 e. The molecule has 1 heterocycles. The summed E-state index contributed by atoms with van der Waals surface area (Å²) in [7, 11) is 0. The summed E-state index contributed by atoms with van der Waals surface area (Å²) in [6, 6.07) is 3.98. The average Bonchev–Trinajstić information content (AvgIpc) is 2.92. The van der Waals surface area contributed by atoms with Crippen molar-refractivity contribution < 1.29 is 14.3 Å². The molecule has 1 aromatic carbocycles. The fourth-order valence-electron chi connectivity index (χ4n) is 2.01. The molecule has 1 unspecified atom stereocenters. The van der Waals surface area contributed by atoms with E-state index in [-0.39, 0.29) is 18.7 Å². The molecule has 116 valence electrons. The minimum Gasteiger partial charge on any atom is -0.454 e. The number of fused-ring (bicyclic) bond motifs is 1. The Morgan fingerprint density at radius 1 is 1.43 bits per heavy atom. The lowest BCUT2D eigenvalue weighted by atomic mass is 10.2. The van der Waals surface area contributed by atoms with Gasteiger partial charge in [-0.15, -0.1) is 0 Å².